The molecule has 2 rings (SSSR count). The third-order valence-electron chi connectivity index (χ3n) is 4.53. The second-order valence-electron chi connectivity index (χ2n) is 7.85. The molecule has 0 heterocycles. The number of hydrogen-bond acceptors (Lipinski definition) is 3. The van der Waals surface area contributed by atoms with E-state index in [1.165, 1.54) is 0 Å². The molecule has 0 aromatic heterocycles. The van der Waals surface area contributed by atoms with Gasteiger partial charge in [-0.25, -0.2) is 0 Å². The van der Waals surface area contributed by atoms with Gasteiger partial charge in [0.25, 0.3) is 0 Å². The molecule has 3 heteroatoms. The highest BCUT2D eigenvalue weighted by atomic mass is 16.2. The highest BCUT2D eigenvalue weighted by Crippen LogP contribution is 2.47. The second-order valence-corrected chi connectivity index (χ2v) is 7.85. The first-order valence-electron chi connectivity index (χ1n) is 7.31. The molecule has 0 N–H and O–H groups in total. The molecule has 0 spiro atoms. The normalized spacial score (nSPS) is 27.1. The largest absolute Gasteiger partial charge is 0.299 e. The molecule has 1 fully saturated rings. The lowest BCUT2D eigenvalue weighted by molar-refractivity contribution is -0.139. The number of Topliss-reactive ketones (excluding diaryl/α,β-unsaturated/α-hetero) is 3. The fraction of sp³-hybridized carbons (Fsp3) is 0.706. The fourth-order valence-electron chi connectivity index (χ4n) is 3.97. The third kappa shape index (κ3) is 2.63. The van der Waals surface area contributed by atoms with E-state index >= 15 is 0 Å². The number of allylic oxidation sites excluding steroid dienone is 2. The van der Waals surface area contributed by atoms with Gasteiger partial charge in [0.2, 0.25) is 0 Å². The van der Waals surface area contributed by atoms with Crippen LogP contribution in [0.15, 0.2) is 11.1 Å². The Morgan fingerprint density at radius 1 is 0.900 bits per heavy atom. The summed E-state index contributed by atoms with van der Waals surface area (Å²) >= 11 is 0. The van der Waals surface area contributed by atoms with Crippen molar-refractivity contribution < 1.29 is 14.4 Å². The van der Waals surface area contributed by atoms with Gasteiger partial charge in [-0.3, -0.25) is 14.4 Å². The van der Waals surface area contributed by atoms with Crippen LogP contribution in [0.25, 0.3) is 0 Å². The Morgan fingerprint density at radius 2 is 1.40 bits per heavy atom. The Hall–Kier alpha value is -1.25. The summed E-state index contributed by atoms with van der Waals surface area (Å²) in [6.07, 6.45) is 1.72. The SMILES string of the molecule is CC1=C(C2C(=O)CC(C)(C)CC2=O)C(C)(C)CC(=O)C1. The Balaban J connectivity index is 2.44. The van der Waals surface area contributed by atoms with Crippen LogP contribution >= 0.6 is 0 Å². The Labute approximate surface area is 120 Å². The molecule has 0 radical (unpaired) electrons. The quantitative estimate of drug-likeness (QED) is 0.545. The molecule has 0 atom stereocenters. The molecule has 3 nitrogen and oxygen atoms in total. The minimum atomic E-state index is -0.605. The minimum Gasteiger partial charge on any atom is -0.299 e. The van der Waals surface area contributed by atoms with Crippen LogP contribution in [0.5, 0.6) is 0 Å². The van der Waals surface area contributed by atoms with Crippen molar-refractivity contribution in [2.24, 2.45) is 16.7 Å². The third-order valence-corrected chi connectivity index (χ3v) is 4.53. The molecule has 0 bridgehead atoms. The first-order chi connectivity index (χ1) is 9.03. The molecule has 0 aromatic rings. The van der Waals surface area contributed by atoms with Gasteiger partial charge >= 0.3 is 0 Å². The maximum atomic E-state index is 12.5. The lowest BCUT2D eigenvalue weighted by atomic mass is 9.61. The summed E-state index contributed by atoms with van der Waals surface area (Å²) in [5.74, 6) is -0.343. The lowest BCUT2D eigenvalue weighted by Gasteiger charge is -2.41. The van der Waals surface area contributed by atoms with E-state index in [-0.39, 0.29) is 28.2 Å². The summed E-state index contributed by atoms with van der Waals surface area (Å²) in [7, 11) is 0. The highest BCUT2D eigenvalue weighted by Gasteiger charge is 2.47. The van der Waals surface area contributed by atoms with Gasteiger partial charge in [0.1, 0.15) is 17.3 Å². The van der Waals surface area contributed by atoms with Gasteiger partial charge in [-0.1, -0.05) is 33.3 Å². The summed E-state index contributed by atoms with van der Waals surface area (Å²) < 4.78 is 0. The zero-order valence-electron chi connectivity index (χ0n) is 13.1. The van der Waals surface area contributed by atoms with E-state index in [1.807, 2.05) is 34.6 Å². The molecule has 0 aromatic carbocycles. The number of carbonyl (C=O) groups is 3. The van der Waals surface area contributed by atoms with E-state index in [4.69, 9.17) is 0 Å². The zero-order chi connectivity index (χ0) is 15.3. The van der Waals surface area contributed by atoms with Gasteiger partial charge in [-0.15, -0.1) is 0 Å². The van der Waals surface area contributed by atoms with Gasteiger partial charge in [0.05, 0.1) is 5.92 Å². The summed E-state index contributed by atoms with van der Waals surface area (Å²) in [5, 5.41) is 0. The molecule has 2 aliphatic carbocycles. The van der Waals surface area contributed by atoms with Gasteiger partial charge in [0, 0.05) is 25.7 Å². The molecule has 0 unspecified atom stereocenters. The smallest absolute Gasteiger partial charge is 0.147 e. The van der Waals surface area contributed by atoms with Crippen molar-refractivity contribution in [3.8, 4) is 0 Å². The van der Waals surface area contributed by atoms with E-state index in [1.54, 1.807) is 0 Å². The van der Waals surface area contributed by atoms with Crippen LogP contribution in [-0.2, 0) is 14.4 Å². The van der Waals surface area contributed by atoms with E-state index in [2.05, 4.69) is 0 Å². The van der Waals surface area contributed by atoms with Crippen molar-refractivity contribution in [2.75, 3.05) is 0 Å². The van der Waals surface area contributed by atoms with E-state index in [0.717, 1.165) is 11.1 Å². The standard InChI is InChI=1S/C17H24O3/c1-10-6-11(18)7-17(4,5)15(10)14-12(19)8-16(2,3)9-13(14)20/h14H,6-9H2,1-5H3. The van der Waals surface area contributed by atoms with Crippen LogP contribution in [0, 0.1) is 16.7 Å². The number of hydrogen-bond donors (Lipinski definition) is 0. The summed E-state index contributed by atoms with van der Waals surface area (Å²) in [4.78, 5) is 36.8. The Morgan fingerprint density at radius 3 is 1.85 bits per heavy atom. The topological polar surface area (TPSA) is 51.2 Å². The van der Waals surface area contributed by atoms with Crippen LogP contribution in [0.1, 0.15) is 60.3 Å². The molecule has 0 aliphatic heterocycles. The second kappa shape index (κ2) is 4.64. The lowest BCUT2D eigenvalue weighted by Crippen LogP contribution is -2.43. The van der Waals surface area contributed by atoms with Crippen molar-refractivity contribution in [1.29, 1.82) is 0 Å². The fourth-order valence-corrected chi connectivity index (χ4v) is 3.97. The summed E-state index contributed by atoms with van der Waals surface area (Å²) in [5.41, 5.74) is 1.24. The average Bonchev–Trinajstić information content (AvgIpc) is 2.17. The number of carbonyl (C=O) groups excluding carboxylic acids is 3. The van der Waals surface area contributed by atoms with E-state index in [9.17, 15) is 14.4 Å². The van der Waals surface area contributed by atoms with Crippen LogP contribution < -0.4 is 0 Å². The number of ketones is 3. The first kappa shape index (κ1) is 15.1. The molecular weight excluding hydrogens is 252 g/mol. The molecular formula is C17H24O3. The predicted octanol–water partition coefficient (Wildman–Crippen LogP) is 3.27. The molecule has 0 saturated heterocycles. The predicted molar refractivity (Wildman–Crippen MR) is 77.2 cm³/mol. The van der Waals surface area contributed by atoms with Crippen LogP contribution in [0.2, 0.25) is 0 Å². The molecule has 1 saturated carbocycles. The van der Waals surface area contributed by atoms with Crippen molar-refractivity contribution in [1.82, 2.24) is 0 Å². The van der Waals surface area contributed by atoms with Crippen molar-refractivity contribution in [3.05, 3.63) is 11.1 Å². The monoisotopic (exact) mass is 276 g/mol. The van der Waals surface area contributed by atoms with E-state index in [0.29, 0.717) is 25.7 Å². The summed E-state index contributed by atoms with van der Waals surface area (Å²) in [6.45, 7) is 9.78. The highest BCUT2D eigenvalue weighted by molar-refractivity contribution is 6.08. The summed E-state index contributed by atoms with van der Waals surface area (Å²) in [6, 6.07) is 0. The average molecular weight is 276 g/mol. The van der Waals surface area contributed by atoms with Crippen LogP contribution in [0.3, 0.4) is 0 Å². The van der Waals surface area contributed by atoms with Gasteiger partial charge in [0.15, 0.2) is 0 Å². The Kier molecular flexibility index (Phi) is 3.52. The molecule has 0 amide bonds. The first-order valence-corrected chi connectivity index (χ1v) is 7.31. The van der Waals surface area contributed by atoms with Crippen LogP contribution in [0.4, 0.5) is 0 Å². The van der Waals surface area contributed by atoms with Gasteiger partial charge < -0.3 is 0 Å². The van der Waals surface area contributed by atoms with Crippen molar-refractivity contribution >= 4 is 17.3 Å². The minimum absolute atomic E-state index is 0.0306. The van der Waals surface area contributed by atoms with E-state index < -0.39 is 5.92 Å². The van der Waals surface area contributed by atoms with Gasteiger partial charge in [-0.2, -0.15) is 0 Å². The molecule has 20 heavy (non-hydrogen) atoms. The molecule has 2 aliphatic rings. The van der Waals surface area contributed by atoms with Gasteiger partial charge in [-0.05, 0) is 23.3 Å². The zero-order valence-corrected chi connectivity index (χ0v) is 13.1. The van der Waals surface area contributed by atoms with Crippen LogP contribution in [-0.4, -0.2) is 17.3 Å². The maximum Gasteiger partial charge on any atom is 0.147 e. The van der Waals surface area contributed by atoms with Crippen molar-refractivity contribution in [2.45, 2.75) is 60.3 Å². The van der Waals surface area contributed by atoms with Crippen molar-refractivity contribution in [3.63, 3.8) is 0 Å². The maximum absolute atomic E-state index is 12.5. The number of rotatable bonds is 1. The molecule has 110 valence electrons. The Bertz CT molecular complexity index is 500.